The van der Waals surface area contributed by atoms with Crippen LogP contribution in [0.5, 0.6) is 0 Å². The van der Waals surface area contributed by atoms with E-state index >= 15 is 0 Å². The zero-order valence-electron chi connectivity index (χ0n) is 7.56. The molecule has 2 aromatic heterocycles. The molecule has 15 heavy (non-hydrogen) atoms. The van der Waals surface area contributed by atoms with Gasteiger partial charge in [-0.05, 0) is 18.2 Å². The van der Waals surface area contributed by atoms with E-state index in [1.807, 2.05) is 12.1 Å². The molecule has 0 fully saturated rings. The number of carbonyl (C=O) groups is 1. The molecule has 0 amide bonds. The maximum atomic E-state index is 10.7. The van der Waals surface area contributed by atoms with Gasteiger partial charge in [0.15, 0.2) is 0 Å². The fraction of sp³-hybridized carbons (Fsp3) is 0. The number of carboxylic acid groups (broad SMARTS) is 1. The molecule has 0 saturated carbocycles. The number of furan rings is 2. The minimum Gasteiger partial charge on any atom is -0.475 e. The molecule has 4 heteroatoms. The third kappa shape index (κ3) is 1.05. The van der Waals surface area contributed by atoms with E-state index in [1.54, 1.807) is 12.3 Å². The predicted octanol–water partition coefficient (Wildman–Crippen LogP) is 2.88. The van der Waals surface area contributed by atoms with E-state index in [-0.39, 0.29) is 5.76 Å². The van der Waals surface area contributed by atoms with Crippen molar-refractivity contribution in [1.29, 1.82) is 0 Å². The Balaban J connectivity index is 2.46. The van der Waals surface area contributed by atoms with Crippen LogP contribution in [0.4, 0.5) is 0 Å². The van der Waals surface area contributed by atoms with Gasteiger partial charge >= 0.3 is 5.97 Å². The predicted molar refractivity (Wildman–Crippen MR) is 52.9 cm³/mol. The smallest absolute Gasteiger partial charge is 0.371 e. The molecule has 0 aliphatic carbocycles. The van der Waals surface area contributed by atoms with Crippen molar-refractivity contribution in [3.05, 3.63) is 36.3 Å². The SMILES string of the molecule is O=C(O)c1cc2c(ccc3ccoc32)o1. The molecule has 3 aromatic rings. The quantitative estimate of drug-likeness (QED) is 0.658. The molecule has 0 aliphatic rings. The molecule has 4 nitrogen and oxygen atoms in total. The highest BCUT2D eigenvalue weighted by Crippen LogP contribution is 2.28. The Hall–Kier alpha value is -2.23. The summed E-state index contributed by atoms with van der Waals surface area (Å²) in [6.45, 7) is 0. The lowest BCUT2D eigenvalue weighted by Gasteiger charge is -1.88. The maximum Gasteiger partial charge on any atom is 0.371 e. The number of rotatable bonds is 1. The van der Waals surface area contributed by atoms with Crippen molar-refractivity contribution < 1.29 is 18.7 Å². The first-order valence-corrected chi connectivity index (χ1v) is 4.39. The van der Waals surface area contributed by atoms with Crippen LogP contribution >= 0.6 is 0 Å². The zero-order valence-corrected chi connectivity index (χ0v) is 7.56. The van der Waals surface area contributed by atoms with Gasteiger partial charge in [-0.1, -0.05) is 0 Å². The van der Waals surface area contributed by atoms with Crippen molar-refractivity contribution in [2.24, 2.45) is 0 Å². The lowest BCUT2D eigenvalue weighted by atomic mass is 10.2. The number of aromatic carboxylic acids is 1. The van der Waals surface area contributed by atoms with Crippen LogP contribution in [0.1, 0.15) is 10.6 Å². The fourth-order valence-electron chi connectivity index (χ4n) is 1.65. The molecule has 2 heterocycles. The molecular weight excluding hydrogens is 196 g/mol. The van der Waals surface area contributed by atoms with Crippen molar-refractivity contribution in [3.8, 4) is 0 Å². The first kappa shape index (κ1) is 8.11. The van der Waals surface area contributed by atoms with Crippen molar-refractivity contribution >= 4 is 27.9 Å². The van der Waals surface area contributed by atoms with Crippen LogP contribution in [0.2, 0.25) is 0 Å². The molecule has 1 N–H and O–H groups in total. The standard InChI is InChI=1S/C11H6O4/c12-11(13)9-5-7-8(15-9)2-1-6-3-4-14-10(6)7/h1-5H,(H,12,13). The largest absolute Gasteiger partial charge is 0.475 e. The first-order valence-electron chi connectivity index (χ1n) is 4.39. The van der Waals surface area contributed by atoms with Crippen molar-refractivity contribution in [1.82, 2.24) is 0 Å². The van der Waals surface area contributed by atoms with Crippen LogP contribution in [0, 0.1) is 0 Å². The summed E-state index contributed by atoms with van der Waals surface area (Å²) in [5.74, 6) is -1.15. The van der Waals surface area contributed by atoms with Crippen molar-refractivity contribution in [3.63, 3.8) is 0 Å². The molecule has 0 saturated heterocycles. The van der Waals surface area contributed by atoms with E-state index in [0.717, 1.165) is 5.39 Å². The van der Waals surface area contributed by atoms with Crippen LogP contribution in [0.3, 0.4) is 0 Å². The van der Waals surface area contributed by atoms with E-state index in [0.29, 0.717) is 16.6 Å². The van der Waals surface area contributed by atoms with Crippen LogP contribution in [0.25, 0.3) is 21.9 Å². The number of carboxylic acids is 1. The normalized spacial score (nSPS) is 11.2. The Morgan fingerprint density at radius 1 is 1.27 bits per heavy atom. The number of hydrogen-bond donors (Lipinski definition) is 1. The van der Waals surface area contributed by atoms with E-state index in [4.69, 9.17) is 13.9 Å². The summed E-state index contributed by atoms with van der Waals surface area (Å²) in [6, 6.07) is 6.86. The highest BCUT2D eigenvalue weighted by atomic mass is 16.4. The Kier molecular flexibility index (Phi) is 1.42. The maximum absolute atomic E-state index is 10.7. The summed E-state index contributed by atoms with van der Waals surface area (Å²) in [6.07, 6.45) is 1.57. The summed E-state index contributed by atoms with van der Waals surface area (Å²) in [5, 5.41) is 10.4. The molecule has 0 radical (unpaired) electrons. The Morgan fingerprint density at radius 3 is 2.93 bits per heavy atom. The summed E-state index contributed by atoms with van der Waals surface area (Å²) < 4.78 is 10.4. The second-order valence-corrected chi connectivity index (χ2v) is 3.23. The van der Waals surface area contributed by atoms with Gasteiger partial charge in [-0.15, -0.1) is 0 Å². The monoisotopic (exact) mass is 202 g/mol. The van der Waals surface area contributed by atoms with Crippen molar-refractivity contribution in [2.45, 2.75) is 0 Å². The average molecular weight is 202 g/mol. The number of fused-ring (bicyclic) bond motifs is 3. The van der Waals surface area contributed by atoms with Gasteiger partial charge in [0.05, 0.1) is 11.6 Å². The molecule has 0 aliphatic heterocycles. The third-order valence-corrected chi connectivity index (χ3v) is 2.33. The molecule has 0 atom stereocenters. The van der Waals surface area contributed by atoms with Gasteiger partial charge in [-0.3, -0.25) is 0 Å². The summed E-state index contributed by atoms with van der Waals surface area (Å²) in [5.41, 5.74) is 1.18. The Labute approximate surface area is 83.7 Å². The van der Waals surface area contributed by atoms with E-state index in [1.165, 1.54) is 6.07 Å². The second kappa shape index (κ2) is 2.63. The Morgan fingerprint density at radius 2 is 2.13 bits per heavy atom. The lowest BCUT2D eigenvalue weighted by Crippen LogP contribution is -1.91. The molecule has 0 bridgehead atoms. The number of hydrogen-bond acceptors (Lipinski definition) is 3. The second-order valence-electron chi connectivity index (χ2n) is 3.23. The number of benzene rings is 1. The highest BCUT2D eigenvalue weighted by molar-refractivity contribution is 6.04. The van der Waals surface area contributed by atoms with Gasteiger partial charge in [0.25, 0.3) is 0 Å². The molecular formula is C11H6O4. The van der Waals surface area contributed by atoms with Gasteiger partial charge in [-0.25, -0.2) is 4.79 Å². The molecule has 0 spiro atoms. The molecule has 0 unspecified atom stereocenters. The summed E-state index contributed by atoms with van der Waals surface area (Å²) in [7, 11) is 0. The first-order chi connectivity index (χ1) is 7.25. The van der Waals surface area contributed by atoms with Gasteiger partial charge < -0.3 is 13.9 Å². The summed E-state index contributed by atoms with van der Waals surface area (Å²) >= 11 is 0. The molecule has 74 valence electrons. The lowest BCUT2D eigenvalue weighted by molar-refractivity contribution is 0.0665. The van der Waals surface area contributed by atoms with Gasteiger partial charge in [0, 0.05) is 11.5 Å². The van der Waals surface area contributed by atoms with Gasteiger partial charge in [-0.2, -0.15) is 0 Å². The molecule has 3 rings (SSSR count). The zero-order chi connectivity index (χ0) is 10.4. The highest BCUT2D eigenvalue weighted by Gasteiger charge is 2.13. The van der Waals surface area contributed by atoms with Crippen LogP contribution in [-0.2, 0) is 0 Å². The minimum atomic E-state index is -1.08. The van der Waals surface area contributed by atoms with Crippen LogP contribution in [-0.4, -0.2) is 11.1 Å². The van der Waals surface area contributed by atoms with Crippen LogP contribution in [0.15, 0.2) is 39.4 Å². The molecule has 1 aromatic carbocycles. The topological polar surface area (TPSA) is 63.6 Å². The van der Waals surface area contributed by atoms with Gasteiger partial charge in [0.1, 0.15) is 11.2 Å². The van der Waals surface area contributed by atoms with Crippen LogP contribution < -0.4 is 0 Å². The van der Waals surface area contributed by atoms with Crippen molar-refractivity contribution in [2.75, 3.05) is 0 Å². The van der Waals surface area contributed by atoms with E-state index < -0.39 is 5.97 Å². The Bertz CT molecular complexity index is 659. The third-order valence-electron chi connectivity index (χ3n) is 2.33. The van der Waals surface area contributed by atoms with Gasteiger partial charge in [0.2, 0.25) is 5.76 Å². The average Bonchev–Trinajstić information content (AvgIpc) is 2.82. The van der Waals surface area contributed by atoms with E-state index in [2.05, 4.69) is 0 Å². The minimum absolute atomic E-state index is 0.0751. The van der Waals surface area contributed by atoms with E-state index in [9.17, 15) is 4.79 Å². The summed E-state index contributed by atoms with van der Waals surface area (Å²) in [4.78, 5) is 10.7. The fourth-order valence-corrected chi connectivity index (χ4v) is 1.65.